The minimum absolute atomic E-state index is 0.0858. The zero-order valence-corrected chi connectivity index (χ0v) is 14.6. The Hall–Kier alpha value is -2.71. The monoisotopic (exact) mass is 371 g/mol. The van der Waals surface area contributed by atoms with Crippen LogP contribution in [0.5, 0.6) is 0 Å². The van der Waals surface area contributed by atoms with Crippen molar-refractivity contribution >= 4 is 26.6 Å². The number of hydrogen-bond acceptors (Lipinski definition) is 4. The van der Waals surface area contributed by atoms with Crippen LogP contribution < -0.4 is 0 Å². The Morgan fingerprint density at radius 1 is 1.12 bits per heavy atom. The number of sulfonamides is 1. The van der Waals surface area contributed by atoms with Crippen LogP contribution in [0.2, 0.25) is 0 Å². The number of H-pyrrole nitrogens is 1. The number of non-ortho nitro benzene ring substituents is 1. The molecule has 1 N–H and O–H groups in total. The quantitative estimate of drug-likeness (QED) is 0.562. The molecule has 0 spiro atoms. The van der Waals surface area contributed by atoms with Crippen molar-refractivity contribution in [2.24, 2.45) is 0 Å². The summed E-state index contributed by atoms with van der Waals surface area (Å²) in [5, 5.41) is 11.9. The molecular weight excluding hydrogens is 354 g/mol. The van der Waals surface area contributed by atoms with E-state index in [2.05, 4.69) is 4.98 Å². The fourth-order valence-corrected chi connectivity index (χ4v) is 5.02. The molecule has 1 aromatic heterocycles. The summed E-state index contributed by atoms with van der Waals surface area (Å²) in [5.74, 6) is 0.124. The van der Waals surface area contributed by atoms with E-state index in [9.17, 15) is 18.5 Å². The van der Waals surface area contributed by atoms with Gasteiger partial charge >= 0.3 is 0 Å². The second-order valence-electron chi connectivity index (χ2n) is 6.39. The van der Waals surface area contributed by atoms with Crippen molar-refractivity contribution in [1.82, 2.24) is 9.29 Å². The summed E-state index contributed by atoms with van der Waals surface area (Å²) < 4.78 is 27.1. The van der Waals surface area contributed by atoms with Crippen molar-refractivity contribution in [3.63, 3.8) is 0 Å². The van der Waals surface area contributed by atoms with E-state index in [0.717, 1.165) is 22.9 Å². The first-order chi connectivity index (χ1) is 12.5. The summed E-state index contributed by atoms with van der Waals surface area (Å²) in [5.41, 5.74) is 2.04. The van der Waals surface area contributed by atoms with Gasteiger partial charge in [0, 0.05) is 48.2 Å². The molecule has 0 aliphatic carbocycles. The molecule has 0 bridgehead atoms. The van der Waals surface area contributed by atoms with E-state index in [4.69, 9.17) is 0 Å². The molecule has 1 atom stereocenters. The van der Waals surface area contributed by atoms with Gasteiger partial charge in [0.05, 0.1) is 9.82 Å². The molecule has 1 fully saturated rings. The SMILES string of the molecule is O=[N+]([O-])c1ccc(S(=O)(=O)N2CCC(c3c[nH]c4ccccc34)C2)cc1. The van der Waals surface area contributed by atoms with Crippen molar-refractivity contribution in [3.8, 4) is 0 Å². The number of benzene rings is 2. The van der Waals surface area contributed by atoms with Gasteiger partial charge in [-0.25, -0.2) is 8.42 Å². The zero-order valence-electron chi connectivity index (χ0n) is 13.8. The third-order valence-corrected chi connectivity index (χ3v) is 6.78. The normalized spacial score (nSPS) is 18.4. The number of hydrogen-bond donors (Lipinski definition) is 1. The van der Waals surface area contributed by atoms with Crippen molar-refractivity contribution in [2.45, 2.75) is 17.2 Å². The van der Waals surface area contributed by atoms with Gasteiger partial charge in [0.15, 0.2) is 0 Å². The summed E-state index contributed by atoms with van der Waals surface area (Å²) in [4.78, 5) is 13.5. The molecule has 0 amide bonds. The molecule has 2 heterocycles. The molecule has 4 rings (SSSR count). The molecule has 7 nitrogen and oxygen atoms in total. The Morgan fingerprint density at radius 2 is 1.85 bits per heavy atom. The molecule has 0 saturated carbocycles. The molecule has 134 valence electrons. The maximum atomic E-state index is 12.8. The highest BCUT2D eigenvalue weighted by molar-refractivity contribution is 7.89. The van der Waals surface area contributed by atoms with Gasteiger partial charge in [-0.3, -0.25) is 10.1 Å². The number of nitrogens with zero attached hydrogens (tertiary/aromatic N) is 2. The molecule has 3 aromatic rings. The van der Waals surface area contributed by atoms with Gasteiger partial charge in [-0.15, -0.1) is 0 Å². The molecule has 1 unspecified atom stereocenters. The van der Waals surface area contributed by atoms with Gasteiger partial charge in [-0.05, 0) is 30.2 Å². The lowest BCUT2D eigenvalue weighted by atomic mass is 9.98. The second kappa shape index (κ2) is 6.22. The standard InChI is InChI=1S/C18H17N3O4S/c22-21(23)14-5-7-15(8-6-14)26(24,25)20-10-9-13(12-20)17-11-19-18-4-2-1-3-16(17)18/h1-8,11,13,19H,9-10,12H2. The molecule has 1 aliphatic heterocycles. The van der Waals surface area contributed by atoms with Crippen molar-refractivity contribution < 1.29 is 13.3 Å². The molecule has 0 radical (unpaired) electrons. The third kappa shape index (κ3) is 2.77. The number of aromatic amines is 1. The van der Waals surface area contributed by atoms with Crippen LogP contribution in [-0.4, -0.2) is 35.7 Å². The lowest BCUT2D eigenvalue weighted by molar-refractivity contribution is -0.384. The number of aromatic nitrogens is 1. The van der Waals surface area contributed by atoms with Crippen molar-refractivity contribution in [2.75, 3.05) is 13.1 Å². The summed E-state index contributed by atoms with van der Waals surface area (Å²) in [7, 11) is -3.66. The largest absolute Gasteiger partial charge is 0.361 e. The fourth-order valence-electron chi connectivity index (χ4n) is 3.52. The second-order valence-corrected chi connectivity index (χ2v) is 8.33. The minimum atomic E-state index is -3.66. The molecule has 2 aromatic carbocycles. The van der Waals surface area contributed by atoms with E-state index in [0.29, 0.717) is 13.1 Å². The smallest absolute Gasteiger partial charge is 0.269 e. The van der Waals surface area contributed by atoms with Crippen molar-refractivity contribution in [1.29, 1.82) is 0 Å². The van der Waals surface area contributed by atoms with Crippen molar-refractivity contribution in [3.05, 3.63) is 70.4 Å². The number of nitro groups is 1. The molecule has 26 heavy (non-hydrogen) atoms. The van der Waals surface area contributed by atoms with E-state index in [1.807, 2.05) is 30.5 Å². The highest BCUT2D eigenvalue weighted by Crippen LogP contribution is 2.35. The number of nitro benzene ring substituents is 1. The van der Waals surface area contributed by atoms with E-state index in [1.54, 1.807) is 0 Å². The number of para-hydroxylation sites is 1. The Labute approximate surface area is 150 Å². The average Bonchev–Trinajstić information content (AvgIpc) is 3.29. The number of fused-ring (bicyclic) bond motifs is 1. The van der Waals surface area contributed by atoms with Gasteiger partial charge in [0.2, 0.25) is 10.0 Å². The third-order valence-electron chi connectivity index (χ3n) is 4.90. The highest BCUT2D eigenvalue weighted by atomic mass is 32.2. The predicted molar refractivity (Wildman–Crippen MR) is 97.5 cm³/mol. The van der Waals surface area contributed by atoms with Crippen LogP contribution in [0.4, 0.5) is 5.69 Å². The van der Waals surface area contributed by atoms with Crippen LogP contribution in [-0.2, 0) is 10.0 Å². The van der Waals surface area contributed by atoms with Gasteiger partial charge in [0.25, 0.3) is 5.69 Å². The lowest BCUT2D eigenvalue weighted by Crippen LogP contribution is -2.28. The van der Waals surface area contributed by atoms with Gasteiger partial charge in [-0.2, -0.15) is 4.31 Å². The Kier molecular flexibility index (Phi) is 4.01. The Bertz CT molecular complexity index is 1070. The summed E-state index contributed by atoms with van der Waals surface area (Å²) in [6.07, 6.45) is 2.70. The summed E-state index contributed by atoms with van der Waals surface area (Å²) in [6, 6.07) is 13.0. The van der Waals surface area contributed by atoms with Crippen LogP contribution in [0.25, 0.3) is 10.9 Å². The first-order valence-corrected chi connectivity index (χ1v) is 9.71. The molecule has 1 saturated heterocycles. The predicted octanol–water partition coefficient (Wildman–Crippen LogP) is 3.25. The van der Waals surface area contributed by atoms with Crippen LogP contribution in [0, 0.1) is 10.1 Å². The number of nitrogens with one attached hydrogen (secondary N) is 1. The molecule has 1 aliphatic rings. The first kappa shape index (κ1) is 16.7. The maximum Gasteiger partial charge on any atom is 0.269 e. The van der Waals surface area contributed by atoms with Crippen LogP contribution in [0.15, 0.2) is 59.6 Å². The lowest BCUT2D eigenvalue weighted by Gasteiger charge is -2.16. The highest BCUT2D eigenvalue weighted by Gasteiger charge is 2.34. The van der Waals surface area contributed by atoms with E-state index in [1.165, 1.54) is 28.6 Å². The summed E-state index contributed by atoms with van der Waals surface area (Å²) >= 11 is 0. The van der Waals surface area contributed by atoms with E-state index in [-0.39, 0.29) is 16.5 Å². The Balaban J connectivity index is 1.58. The van der Waals surface area contributed by atoms with Gasteiger partial charge in [-0.1, -0.05) is 18.2 Å². The maximum absolute atomic E-state index is 12.8. The van der Waals surface area contributed by atoms with Gasteiger partial charge < -0.3 is 4.98 Å². The number of rotatable bonds is 4. The minimum Gasteiger partial charge on any atom is -0.361 e. The Morgan fingerprint density at radius 3 is 2.58 bits per heavy atom. The average molecular weight is 371 g/mol. The fraction of sp³-hybridized carbons (Fsp3) is 0.222. The van der Waals surface area contributed by atoms with Gasteiger partial charge in [0.1, 0.15) is 0 Å². The molecular formula is C18H17N3O4S. The molecule has 8 heteroatoms. The topological polar surface area (TPSA) is 96.3 Å². The van der Waals surface area contributed by atoms with Crippen LogP contribution >= 0.6 is 0 Å². The van der Waals surface area contributed by atoms with Crippen LogP contribution in [0.1, 0.15) is 17.9 Å². The first-order valence-electron chi connectivity index (χ1n) is 8.27. The summed E-state index contributed by atoms with van der Waals surface area (Å²) in [6.45, 7) is 0.838. The van der Waals surface area contributed by atoms with E-state index < -0.39 is 14.9 Å². The van der Waals surface area contributed by atoms with Crippen LogP contribution in [0.3, 0.4) is 0 Å². The zero-order chi connectivity index (χ0) is 18.3. The van der Waals surface area contributed by atoms with E-state index >= 15 is 0 Å².